The van der Waals surface area contributed by atoms with E-state index >= 15 is 0 Å². The average Bonchev–Trinajstić information content (AvgIpc) is 3.06. The molecule has 1 aromatic heterocycles. The fraction of sp³-hybridized carbons (Fsp3) is 0.240. The zero-order valence-corrected chi connectivity index (χ0v) is 19.1. The van der Waals surface area contributed by atoms with Crippen LogP contribution in [0.3, 0.4) is 0 Å². The van der Waals surface area contributed by atoms with Crippen LogP contribution in [0.4, 0.5) is 24.5 Å². The zero-order valence-electron chi connectivity index (χ0n) is 18.2. The van der Waals surface area contributed by atoms with Gasteiger partial charge in [0.1, 0.15) is 11.8 Å². The van der Waals surface area contributed by atoms with Crippen LogP contribution < -0.4 is 14.5 Å². The predicted octanol–water partition coefficient (Wildman–Crippen LogP) is 5.62. The minimum atomic E-state index is -4.79. The molecule has 1 aliphatic heterocycles. The van der Waals surface area contributed by atoms with Crippen molar-refractivity contribution in [1.29, 1.82) is 5.26 Å². The van der Waals surface area contributed by atoms with Crippen molar-refractivity contribution in [3.05, 3.63) is 78.1 Å². The maximum atomic E-state index is 13.6. The van der Waals surface area contributed by atoms with Gasteiger partial charge in [-0.15, -0.1) is 0 Å². The van der Waals surface area contributed by atoms with E-state index in [1.54, 1.807) is 29.2 Å². The molecule has 1 saturated carbocycles. The maximum absolute atomic E-state index is 13.6. The molecule has 6 nitrogen and oxygen atoms in total. The molecular weight excluding hydrogens is 477 g/mol. The SMILES string of the molecule is N#Cc1ncc(N2C(=S)N(c3ccccc3Oc3ccccc3)C3(CCC3)C2O)cc1C(F)(F)F. The number of benzene rings is 2. The zero-order chi connectivity index (χ0) is 24.8. The minimum Gasteiger partial charge on any atom is -0.455 e. The Balaban J connectivity index is 1.59. The number of aliphatic hydroxyl groups excluding tert-OH is 1. The Morgan fingerprint density at radius 1 is 1.11 bits per heavy atom. The summed E-state index contributed by atoms with van der Waals surface area (Å²) in [4.78, 5) is 6.76. The Morgan fingerprint density at radius 2 is 1.80 bits per heavy atom. The van der Waals surface area contributed by atoms with Crippen molar-refractivity contribution in [2.24, 2.45) is 0 Å². The van der Waals surface area contributed by atoms with Crippen LogP contribution >= 0.6 is 12.2 Å². The fourth-order valence-corrected chi connectivity index (χ4v) is 5.09. The predicted molar refractivity (Wildman–Crippen MR) is 127 cm³/mol. The van der Waals surface area contributed by atoms with Gasteiger partial charge >= 0.3 is 6.18 Å². The van der Waals surface area contributed by atoms with Gasteiger partial charge in [-0.1, -0.05) is 30.3 Å². The lowest BCUT2D eigenvalue weighted by molar-refractivity contribution is -0.138. The second-order valence-corrected chi connectivity index (χ2v) is 8.77. The first-order valence-electron chi connectivity index (χ1n) is 10.9. The Morgan fingerprint density at radius 3 is 2.43 bits per heavy atom. The number of rotatable bonds is 4. The molecule has 1 atom stereocenters. The second kappa shape index (κ2) is 8.52. The number of hydrogen-bond donors (Lipinski definition) is 1. The van der Waals surface area contributed by atoms with Crippen LogP contribution in [0.5, 0.6) is 11.5 Å². The van der Waals surface area contributed by atoms with Crippen LogP contribution in [0, 0.1) is 11.3 Å². The van der Waals surface area contributed by atoms with Crippen LogP contribution in [0.2, 0.25) is 0 Å². The number of anilines is 2. The molecule has 0 amide bonds. The molecule has 1 saturated heterocycles. The van der Waals surface area contributed by atoms with Gasteiger partial charge in [-0.25, -0.2) is 4.98 Å². The van der Waals surface area contributed by atoms with Crippen molar-refractivity contribution in [2.75, 3.05) is 9.80 Å². The van der Waals surface area contributed by atoms with E-state index in [0.717, 1.165) is 18.7 Å². The summed E-state index contributed by atoms with van der Waals surface area (Å²) in [7, 11) is 0. The first-order chi connectivity index (χ1) is 16.8. The molecule has 2 aliphatic rings. The second-order valence-electron chi connectivity index (χ2n) is 8.40. The van der Waals surface area contributed by atoms with Gasteiger partial charge in [0, 0.05) is 0 Å². The standard InChI is InChI=1S/C25H19F3N4O2S/c26-25(27,28)18-13-16(15-30-19(18)14-29)31-22(33)24(11-6-12-24)32(23(31)35)20-9-4-5-10-21(20)34-17-7-2-1-3-8-17/h1-5,7-10,13,15,22,33H,6,11-12H2. The maximum Gasteiger partial charge on any atom is 0.419 e. The van der Waals surface area contributed by atoms with Gasteiger partial charge in [-0.05, 0) is 61.8 Å². The van der Waals surface area contributed by atoms with Crippen molar-refractivity contribution in [2.45, 2.75) is 37.2 Å². The molecule has 35 heavy (non-hydrogen) atoms. The number of para-hydroxylation sites is 3. The minimum absolute atomic E-state index is 0.0379. The third-order valence-electron chi connectivity index (χ3n) is 6.43. The van der Waals surface area contributed by atoms with Gasteiger partial charge in [0.05, 0.1) is 28.7 Å². The lowest BCUT2D eigenvalue weighted by Gasteiger charge is -2.47. The van der Waals surface area contributed by atoms with Gasteiger partial charge < -0.3 is 14.7 Å². The van der Waals surface area contributed by atoms with Crippen molar-refractivity contribution >= 4 is 28.7 Å². The molecule has 5 rings (SSSR count). The number of alkyl halides is 3. The van der Waals surface area contributed by atoms with E-state index in [9.17, 15) is 18.3 Å². The summed E-state index contributed by atoms with van der Waals surface area (Å²) < 4.78 is 46.9. The van der Waals surface area contributed by atoms with Crippen molar-refractivity contribution in [1.82, 2.24) is 4.98 Å². The van der Waals surface area contributed by atoms with Gasteiger partial charge in [0.25, 0.3) is 0 Å². The molecule has 2 heterocycles. The third-order valence-corrected chi connectivity index (χ3v) is 6.81. The summed E-state index contributed by atoms with van der Waals surface area (Å²) in [6, 6.07) is 18.6. The number of nitriles is 1. The molecule has 178 valence electrons. The molecule has 1 aliphatic carbocycles. The summed E-state index contributed by atoms with van der Waals surface area (Å²) >= 11 is 5.74. The van der Waals surface area contributed by atoms with E-state index in [1.165, 1.54) is 11.0 Å². The van der Waals surface area contributed by atoms with Crippen LogP contribution in [0.25, 0.3) is 0 Å². The summed E-state index contributed by atoms with van der Waals surface area (Å²) in [6.07, 6.45) is -2.88. The number of aromatic nitrogens is 1. The molecule has 1 N–H and O–H groups in total. The summed E-state index contributed by atoms with van der Waals surface area (Å²) in [5.41, 5.74) is -2.19. The number of thiocarbonyl (C=S) groups is 1. The lowest BCUT2D eigenvalue weighted by Crippen LogP contribution is -2.57. The largest absolute Gasteiger partial charge is 0.455 e. The van der Waals surface area contributed by atoms with Crippen LogP contribution in [0.15, 0.2) is 66.9 Å². The first kappa shape index (κ1) is 23.1. The van der Waals surface area contributed by atoms with Gasteiger partial charge in [-0.3, -0.25) is 4.90 Å². The molecule has 0 bridgehead atoms. The molecule has 1 unspecified atom stereocenters. The number of aliphatic hydroxyl groups is 1. The summed E-state index contributed by atoms with van der Waals surface area (Å²) in [5.74, 6) is 1.10. The summed E-state index contributed by atoms with van der Waals surface area (Å²) in [5, 5.41) is 20.6. The number of hydrogen-bond acceptors (Lipinski definition) is 5. The quantitative estimate of drug-likeness (QED) is 0.470. The average molecular weight is 497 g/mol. The van der Waals surface area contributed by atoms with E-state index in [4.69, 9.17) is 22.2 Å². The van der Waals surface area contributed by atoms with Crippen molar-refractivity contribution in [3.8, 4) is 17.6 Å². The first-order valence-corrected chi connectivity index (χ1v) is 11.3. The lowest BCUT2D eigenvalue weighted by atomic mass is 9.74. The highest BCUT2D eigenvalue weighted by Crippen LogP contribution is 2.52. The van der Waals surface area contributed by atoms with Gasteiger partial charge in [0.15, 0.2) is 22.8 Å². The van der Waals surface area contributed by atoms with E-state index < -0.39 is 29.2 Å². The molecular formula is C25H19F3N4O2S. The van der Waals surface area contributed by atoms with E-state index in [0.29, 0.717) is 30.0 Å². The number of ether oxygens (including phenoxy) is 1. The Labute approximate surface area is 204 Å². The van der Waals surface area contributed by atoms with Crippen LogP contribution in [0.1, 0.15) is 30.5 Å². The van der Waals surface area contributed by atoms with E-state index in [-0.39, 0.29) is 10.8 Å². The Kier molecular flexibility index (Phi) is 5.62. The van der Waals surface area contributed by atoms with Gasteiger partial charge in [0.2, 0.25) is 0 Å². The van der Waals surface area contributed by atoms with Gasteiger partial charge in [-0.2, -0.15) is 18.4 Å². The number of nitrogens with zero attached hydrogens (tertiary/aromatic N) is 4. The highest BCUT2D eigenvalue weighted by Gasteiger charge is 2.59. The molecule has 2 fully saturated rings. The third kappa shape index (κ3) is 3.77. The van der Waals surface area contributed by atoms with E-state index in [1.807, 2.05) is 30.3 Å². The Bertz CT molecular complexity index is 1320. The topological polar surface area (TPSA) is 72.6 Å². The smallest absolute Gasteiger partial charge is 0.419 e. The number of pyridine rings is 1. The van der Waals surface area contributed by atoms with Crippen molar-refractivity contribution < 1.29 is 23.0 Å². The monoisotopic (exact) mass is 496 g/mol. The highest BCUT2D eigenvalue weighted by molar-refractivity contribution is 7.80. The molecule has 1 spiro atoms. The van der Waals surface area contributed by atoms with Crippen LogP contribution in [-0.4, -0.2) is 27.0 Å². The molecule has 3 aromatic rings. The number of halogens is 3. The summed E-state index contributed by atoms with van der Waals surface area (Å²) in [6.45, 7) is 0. The fourth-order valence-electron chi connectivity index (χ4n) is 4.61. The van der Waals surface area contributed by atoms with Crippen LogP contribution in [-0.2, 0) is 6.18 Å². The Hall–Kier alpha value is -3.68. The highest BCUT2D eigenvalue weighted by atomic mass is 32.1. The molecule has 2 aromatic carbocycles. The van der Waals surface area contributed by atoms with E-state index in [2.05, 4.69) is 4.98 Å². The normalized spacial score (nSPS) is 18.9. The van der Waals surface area contributed by atoms with Crippen molar-refractivity contribution in [3.63, 3.8) is 0 Å². The molecule has 0 radical (unpaired) electrons. The molecule has 10 heteroatoms.